The van der Waals surface area contributed by atoms with Crippen molar-refractivity contribution in [2.45, 2.75) is 49.7 Å². The third kappa shape index (κ3) is 4.85. The number of aryl methyl sites for hydroxylation is 1. The molecule has 9 heteroatoms. The Morgan fingerprint density at radius 2 is 1.94 bits per heavy atom. The zero-order chi connectivity index (χ0) is 23.5. The SMILES string of the molecule is COc1ccc(-c2nnc(SC(C)c3nnc(-c4cccc(C)c4)o3)n2CC2CCCO2)cc1. The second-order valence-corrected chi connectivity index (χ2v) is 9.66. The summed E-state index contributed by atoms with van der Waals surface area (Å²) in [5.41, 5.74) is 3.04. The van der Waals surface area contributed by atoms with Crippen molar-refractivity contribution in [3.8, 4) is 28.6 Å². The lowest BCUT2D eigenvalue weighted by Gasteiger charge is -2.15. The average Bonchev–Trinajstić information content (AvgIpc) is 3.62. The molecule has 0 amide bonds. The van der Waals surface area contributed by atoms with Gasteiger partial charge in [0.15, 0.2) is 11.0 Å². The first-order valence-electron chi connectivity index (χ1n) is 11.4. The maximum Gasteiger partial charge on any atom is 0.247 e. The molecule has 0 radical (unpaired) electrons. The maximum absolute atomic E-state index is 6.01. The van der Waals surface area contributed by atoms with Crippen LogP contribution in [0.4, 0.5) is 0 Å². The van der Waals surface area contributed by atoms with Gasteiger partial charge in [0.05, 0.1) is 25.0 Å². The maximum atomic E-state index is 6.01. The smallest absolute Gasteiger partial charge is 0.247 e. The first-order chi connectivity index (χ1) is 16.6. The lowest BCUT2D eigenvalue weighted by atomic mass is 10.1. The quantitative estimate of drug-likeness (QED) is 0.314. The Balaban J connectivity index is 1.40. The molecule has 0 N–H and O–H groups in total. The Bertz CT molecular complexity index is 1250. The minimum absolute atomic E-state index is 0.0952. The van der Waals surface area contributed by atoms with Gasteiger partial charge in [-0.1, -0.05) is 29.5 Å². The second kappa shape index (κ2) is 9.99. The van der Waals surface area contributed by atoms with Crippen molar-refractivity contribution in [2.75, 3.05) is 13.7 Å². The summed E-state index contributed by atoms with van der Waals surface area (Å²) in [5.74, 6) is 2.68. The van der Waals surface area contributed by atoms with E-state index in [9.17, 15) is 0 Å². The molecule has 5 rings (SSSR count). The molecule has 0 spiro atoms. The molecule has 2 atom stereocenters. The van der Waals surface area contributed by atoms with E-state index >= 15 is 0 Å². The van der Waals surface area contributed by atoms with Crippen LogP contribution in [0.5, 0.6) is 5.75 Å². The number of thioether (sulfide) groups is 1. The van der Waals surface area contributed by atoms with Gasteiger partial charge in [0.1, 0.15) is 5.75 Å². The minimum atomic E-state index is -0.0952. The zero-order valence-corrected chi connectivity index (χ0v) is 20.3. The van der Waals surface area contributed by atoms with Crippen LogP contribution in [0, 0.1) is 6.92 Å². The van der Waals surface area contributed by atoms with Crippen LogP contribution in [-0.4, -0.2) is 44.8 Å². The Morgan fingerprint density at radius 1 is 1.09 bits per heavy atom. The highest BCUT2D eigenvalue weighted by Crippen LogP contribution is 2.36. The van der Waals surface area contributed by atoms with Crippen molar-refractivity contribution < 1.29 is 13.9 Å². The van der Waals surface area contributed by atoms with Gasteiger partial charge in [0, 0.05) is 17.7 Å². The van der Waals surface area contributed by atoms with E-state index in [1.165, 1.54) is 0 Å². The van der Waals surface area contributed by atoms with E-state index in [4.69, 9.17) is 13.9 Å². The first kappa shape index (κ1) is 22.6. The molecule has 1 saturated heterocycles. The summed E-state index contributed by atoms with van der Waals surface area (Å²) in [6.45, 7) is 5.58. The molecular weight excluding hydrogens is 450 g/mol. The standard InChI is InChI=1S/C25H27N5O3S/c1-16-6-4-7-19(14-16)24-28-27-23(33-24)17(2)34-25-29-26-22(18-9-11-20(31-3)12-10-18)30(25)15-21-8-5-13-32-21/h4,6-7,9-12,14,17,21H,5,8,13,15H2,1-3H3. The fourth-order valence-corrected chi connectivity index (χ4v) is 4.88. The highest BCUT2D eigenvalue weighted by Gasteiger charge is 2.25. The van der Waals surface area contributed by atoms with Crippen LogP contribution < -0.4 is 4.74 Å². The normalized spacial score (nSPS) is 16.6. The highest BCUT2D eigenvalue weighted by molar-refractivity contribution is 7.99. The van der Waals surface area contributed by atoms with Crippen molar-refractivity contribution in [3.05, 3.63) is 60.0 Å². The van der Waals surface area contributed by atoms with Crippen LogP contribution in [-0.2, 0) is 11.3 Å². The molecule has 4 aromatic rings. The number of nitrogens with zero attached hydrogens (tertiary/aromatic N) is 5. The minimum Gasteiger partial charge on any atom is -0.497 e. The van der Waals surface area contributed by atoms with Gasteiger partial charge in [-0.25, -0.2) is 0 Å². The number of hydrogen-bond acceptors (Lipinski definition) is 8. The van der Waals surface area contributed by atoms with Crippen LogP contribution in [0.3, 0.4) is 0 Å². The number of methoxy groups -OCH3 is 1. The highest BCUT2D eigenvalue weighted by atomic mass is 32.2. The topological polar surface area (TPSA) is 88.1 Å². The molecule has 1 fully saturated rings. The first-order valence-corrected chi connectivity index (χ1v) is 12.2. The summed E-state index contributed by atoms with van der Waals surface area (Å²) in [7, 11) is 1.66. The van der Waals surface area contributed by atoms with Gasteiger partial charge >= 0.3 is 0 Å². The average molecular weight is 478 g/mol. The van der Waals surface area contributed by atoms with Crippen molar-refractivity contribution in [2.24, 2.45) is 0 Å². The van der Waals surface area contributed by atoms with Gasteiger partial charge in [-0.2, -0.15) is 0 Å². The van der Waals surface area contributed by atoms with Crippen LogP contribution >= 0.6 is 11.8 Å². The molecule has 176 valence electrons. The Kier molecular flexibility index (Phi) is 6.64. The van der Waals surface area contributed by atoms with Gasteiger partial charge in [-0.05, 0) is 63.1 Å². The number of hydrogen-bond donors (Lipinski definition) is 0. The van der Waals surface area contributed by atoms with E-state index in [0.717, 1.165) is 52.9 Å². The summed E-state index contributed by atoms with van der Waals surface area (Å²) >= 11 is 1.55. The van der Waals surface area contributed by atoms with Gasteiger partial charge in [-0.15, -0.1) is 20.4 Å². The summed E-state index contributed by atoms with van der Waals surface area (Å²) < 4.78 is 19.4. The summed E-state index contributed by atoms with van der Waals surface area (Å²) in [5, 5.41) is 18.3. The van der Waals surface area contributed by atoms with Crippen LogP contribution in [0.2, 0.25) is 0 Å². The van der Waals surface area contributed by atoms with Crippen molar-refractivity contribution in [3.63, 3.8) is 0 Å². The summed E-state index contributed by atoms with van der Waals surface area (Å²) in [4.78, 5) is 0. The van der Waals surface area contributed by atoms with Crippen molar-refractivity contribution >= 4 is 11.8 Å². The third-order valence-electron chi connectivity index (χ3n) is 5.81. The molecule has 3 heterocycles. The van der Waals surface area contributed by atoms with E-state index in [2.05, 4.69) is 25.0 Å². The van der Waals surface area contributed by atoms with Gasteiger partial charge < -0.3 is 13.9 Å². The van der Waals surface area contributed by atoms with Crippen LogP contribution in [0.1, 0.15) is 36.5 Å². The molecule has 34 heavy (non-hydrogen) atoms. The van der Waals surface area contributed by atoms with Crippen molar-refractivity contribution in [1.82, 2.24) is 25.0 Å². The van der Waals surface area contributed by atoms with E-state index in [0.29, 0.717) is 18.3 Å². The summed E-state index contributed by atoms with van der Waals surface area (Å²) in [6, 6.07) is 15.9. The molecule has 8 nitrogen and oxygen atoms in total. The molecular formula is C25H27N5O3S. The zero-order valence-electron chi connectivity index (χ0n) is 19.5. The molecule has 2 unspecified atom stereocenters. The van der Waals surface area contributed by atoms with Gasteiger partial charge in [0.2, 0.25) is 11.8 Å². The predicted molar refractivity (Wildman–Crippen MR) is 130 cm³/mol. The third-order valence-corrected chi connectivity index (χ3v) is 6.88. The second-order valence-electron chi connectivity index (χ2n) is 8.36. The van der Waals surface area contributed by atoms with Crippen molar-refractivity contribution in [1.29, 1.82) is 0 Å². The molecule has 2 aromatic carbocycles. The molecule has 0 aliphatic carbocycles. The predicted octanol–water partition coefficient (Wildman–Crippen LogP) is 5.34. The van der Waals surface area contributed by atoms with E-state index < -0.39 is 0 Å². The Hall–Kier alpha value is -3.17. The number of benzene rings is 2. The van der Waals surface area contributed by atoms with E-state index in [1.807, 2.05) is 62.4 Å². The fourth-order valence-electron chi connectivity index (χ4n) is 3.99. The number of rotatable bonds is 8. The monoisotopic (exact) mass is 477 g/mol. The number of ether oxygens (including phenoxy) is 2. The Morgan fingerprint density at radius 3 is 2.68 bits per heavy atom. The molecule has 0 saturated carbocycles. The lowest BCUT2D eigenvalue weighted by molar-refractivity contribution is 0.0953. The summed E-state index contributed by atoms with van der Waals surface area (Å²) in [6.07, 6.45) is 2.26. The Labute approximate surface area is 202 Å². The fraction of sp³-hybridized carbons (Fsp3) is 0.360. The van der Waals surface area contributed by atoms with Gasteiger partial charge in [0.25, 0.3) is 0 Å². The van der Waals surface area contributed by atoms with Crippen LogP contribution in [0.15, 0.2) is 58.1 Å². The van der Waals surface area contributed by atoms with E-state index in [-0.39, 0.29) is 11.4 Å². The van der Waals surface area contributed by atoms with Gasteiger partial charge in [-0.3, -0.25) is 4.57 Å². The number of aromatic nitrogens is 5. The van der Waals surface area contributed by atoms with Crippen LogP contribution in [0.25, 0.3) is 22.8 Å². The lowest BCUT2D eigenvalue weighted by Crippen LogP contribution is -2.16. The van der Waals surface area contributed by atoms with E-state index in [1.54, 1.807) is 18.9 Å². The largest absolute Gasteiger partial charge is 0.497 e. The molecule has 1 aliphatic rings. The molecule has 0 bridgehead atoms. The molecule has 1 aliphatic heterocycles. The molecule has 2 aromatic heterocycles.